The maximum absolute atomic E-state index is 4.62. The summed E-state index contributed by atoms with van der Waals surface area (Å²) in [5.74, 6) is 0. The van der Waals surface area contributed by atoms with Crippen LogP contribution in [0.2, 0.25) is 0 Å². The van der Waals surface area contributed by atoms with E-state index in [0.717, 1.165) is 6.42 Å². The monoisotopic (exact) mass is 180 g/mol. The van der Waals surface area contributed by atoms with E-state index in [-0.39, 0.29) is 5.54 Å². The highest BCUT2D eigenvalue weighted by Crippen LogP contribution is 2.20. The summed E-state index contributed by atoms with van der Waals surface area (Å²) < 4.78 is 2.13. The molecule has 74 valence electrons. The third-order valence-electron chi connectivity index (χ3n) is 2.48. The van der Waals surface area contributed by atoms with Gasteiger partial charge < -0.3 is 0 Å². The van der Waals surface area contributed by atoms with E-state index in [2.05, 4.69) is 51.3 Å². The van der Waals surface area contributed by atoms with Crippen LogP contribution in [0.3, 0.4) is 0 Å². The molecule has 0 aliphatic carbocycles. The molecule has 13 heavy (non-hydrogen) atoms. The standard InChI is InChI=1S/C11H20N2/c1-7-10-8(2)9(3)13(12-10)11(4,5)6/h7H2,1-6H3. The van der Waals surface area contributed by atoms with Crippen molar-refractivity contribution >= 4 is 0 Å². The Balaban J connectivity index is 3.25. The van der Waals surface area contributed by atoms with Crippen molar-refractivity contribution in [1.82, 2.24) is 9.78 Å². The van der Waals surface area contributed by atoms with Gasteiger partial charge in [0, 0.05) is 5.69 Å². The van der Waals surface area contributed by atoms with E-state index in [1.54, 1.807) is 0 Å². The predicted molar refractivity (Wildman–Crippen MR) is 56.1 cm³/mol. The fraction of sp³-hybridized carbons (Fsp3) is 0.727. The zero-order valence-corrected chi connectivity index (χ0v) is 9.60. The highest BCUT2D eigenvalue weighted by molar-refractivity contribution is 5.24. The largest absolute Gasteiger partial charge is 0.264 e. The summed E-state index contributed by atoms with van der Waals surface area (Å²) in [5, 5.41) is 4.62. The number of rotatable bonds is 1. The van der Waals surface area contributed by atoms with Crippen LogP contribution in [-0.2, 0) is 12.0 Å². The number of hydrogen-bond donors (Lipinski definition) is 0. The van der Waals surface area contributed by atoms with Crippen molar-refractivity contribution in [2.75, 3.05) is 0 Å². The summed E-state index contributed by atoms with van der Waals surface area (Å²) in [5.41, 5.74) is 3.97. The van der Waals surface area contributed by atoms with Gasteiger partial charge in [-0.25, -0.2) is 0 Å². The molecule has 0 N–H and O–H groups in total. The Bertz CT molecular complexity index is 303. The average Bonchev–Trinajstić information content (AvgIpc) is 2.28. The van der Waals surface area contributed by atoms with Crippen molar-refractivity contribution in [2.24, 2.45) is 0 Å². The van der Waals surface area contributed by atoms with E-state index < -0.39 is 0 Å². The SMILES string of the molecule is CCc1nn(C(C)(C)C)c(C)c1C. The summed E-state index contributed by atoms with van der Waals surface area (Å²) >= 11 is 0. The van der Waals surface area contributed by atoms with Crippen molar-refractivity contribution in [2.45, 2.75) is 53.5 Å². The average molecular weight is 180 g/mol. The highest BCUT2D eigenvalue weighted by atomic mass is 15.3. The first kappa shape index (κ1) is 10.3. The van der Waals surface area contributed by atoms with E-state index in [0.29, 0.717) is 0 Å². The summed E-state index contributed by atoms with van der Waals surface area (Å²) in [7, 11) is 0. The molecule has 0 spiro atoms. The molecule has 0 saturated carbocycles. The van der Waals surface area contributed by atoms with Crippen molar-refractivity contribution in [3.63, 3.8) is 0 Å². The second-order valence-electron chi connectivity index (χ2n) is 4.59. The topological polar surface area (TPSA) is 17.8 Å². The Hall–Kier alpha value is -0.790. The lowest BCUT2D eigenvalue weighted by molar-refractivity contribution is 0.346. The number of aromatic nitrogens is 2. The first-order valence-corrected chi connectivity index (χ1v) is 4.93. The summed E-state index contributed by atoms with van der Waals surface area (Å²) in [4.78, 5) is 0. The molecular formula is C11H20N2. The molecule has 0 bridgehead atoms. The minimum Gasteiger partial charge on any atom is -0.264 e. The third kappa shape index (κ3) is 1.77. The predicted octanol–water partition coefficient (Wildman–Crippen LogP) is 2.82. The lowest BCUT2D eigenvalue weighted by Crippen LogP contribution is -2.24. The molecule has 0 amide bonds. The summed E-state index contributed by atoms with van der Waals surface area (Å²) in [6, 6.07) is 0. The maximum Gasteiger partial charge on any atom is 0.0654 e. The van der Waals surface area contributed by atoms with E-state index in [1.807, 2.05) is 0 Å². The van der Waals surface area contributed by atoms with Crippen LogP contribution < -0.4 is 0 Å². The van der Waals surface area contributed by atoms with Crippen LogP contribution >= 0.6 is 0 Å². The Labute approximate surface area is 81.0 Å². The van der Waals surface area contributed by atoms with Crippen LogP contribution in [0.4, 0.5) is 0 Å². The quantitative estimate of drug-likeness (QED) is 0.650. The van der Waals surface area contributed by atoms with E-state index in [9.17, 15) is 0 Å². The molecule has 2 heteroatoms. The Kier molecular flexibility index (Phi) is 2.51. The van der Waals surface area contributed by atoms with Gasteiger partial charge in [0.2, 0.25) is 0 Å². The molecule has 1 aromatic rings. The number of aryl methyl sites for hydroxylation is 1. The van der Waals surface area contributed by atoms with Gasteiger partial charge in [0.05, 0.1) is 11.2 Å². The maximum atomic E-state index is 4.62. The molecule has 0 aliphatic rings. The molecule has 0 saturated heterocycles. The zero-order valence-electron chi connectivity index (χ0n) is 9.60. The Morgan fingerprint density at radius 1 is 1.23 bits per heavy atom. The van der Waals surface area contributed by atoms with E-state index in [1.165, 1.54) is 17.0 Å². The molecule has 0 radical (unpaired) electrons. The second-order valence-corrected chi connectivity index (χ2v) is 4.59. The van der Waals surface area contributed by atoms with Crippen molar-refractivity contribution in [3.8, 4) is 0 Å². The smallest absolute Gasteiger partial charge is 0.0654 e. The molecule has 2 nitrogen and oxygen atoms in total. The fourth-order valence-electron chi connectivity index (χ4n) is 1.63. The van der Waals surface area contributed by atoms with E-state index in [4.69, 9.17) is 0 Å². The number of nitrogens with zero attached hydrogens (tertiary/aromatic N) is 2. The van der Waals surface area contributed by atoms with Gasteiger partial charge in [0.15, 0.2) is 0 Å². The zero-order chi connectivity index (χ0) is 10.2. The molecule has 0 aromatic carbocycles. The van der Waals surface area contributed by atoms with Crippen LogP contribution in [-0.4, -0.2) is 9.78 Å². The van der Waals surface area contributed by atoms with Crippen LogP contribution in [0.5, 0.6) is 0 Å². The van der Waals surface area contributed by atoms with Crippen molar-refractivity contribution < 1.29 is 0 Å². The lowest BCUT2D eigenvalue weighted by Gasteiger charge is -2.21. The molecular weight excluding hydrogens is 160 g/mol. The van der Waals surface area contributed by atoms with E-state index >= 15 is 0 Å². The summed E-state index contributed by atoms with van der Waals surface area (Å²) in [6.07, 6.45) is 1.02. The first-order chi connectivity index (χ1) is 5.88. The number of hydrogen-bond acceptors (Lipinski definition) is 1. The second kappa shape index (κ2) is 3.17. The van der Waals surface area contributed by atoms with Gasteiger partial charge >= 0.3 is 0 Å². The minimum atomic E-state index is 0.0995. The van der Waals surface area contributed by atoms with Gasteiger partial charge in [-0.05, 0) is 46.6 Å². The first-order valence-electron chi connectivity index (χ1n) is 4.93. The molecule has 1 heterocycles. The molecule has 0 atom stereocenters. The lowest BCUT2D eigenvalue weighted by atomic mass is 10.1. The normalized spacial score (nSPS) is 12.2. The van der Waals surface area contributed by atoms with Gasteiger partial charge in [-0.1, -0.05) is 6.92 Å². The molecule has 0 aliphatic heterocycles. The van der Waals surface area contributed by atoms with Crippen LogP contribution in [0.1, 0.15) is 44.6 Å². The molecule has 1 aromatic heterocycles. The van der Waals surface area contributed by atoms with Gasteiger partial charge in [0.25, 0.3) is 0 Å². The molecule has 0 fully saturated rings. The van der Waals surface area contributed by atoms with Gasteiger partial charge in [-0.15, -0.1) is 0 Å². The Morgan fingerprint density at radius 3 is 2.00 bits per heavy atom. The van der Waals surface area contributed by atoms with Crippen molar-refractivity contribution in [3.05, 3.63) is 17.0 Å². The fourth-order valence-corrected chi connectivity index (χ4v) is 1.63. The van der Waals surface area contributed by atoms with Gasteiger partial charge in [-0.2, -0.15) is 5.10 Å². The summed E-state index contributed by atoms with van der Waals surface area (Å²) in [6.45, 7) is 13.0. The molecule has 0 unspecified atom stereocenters. The molecule has 1 rings (SSSR count). The van der Waals surface area contributed by atoms with Gasteiger partial charge in [-0.3, -0.25) is 4.68 Å². The third-order valence-corrected chi connectivity index (χ3v) is 2.48. The Morgan fingerprint density at radius 2 is 1.77 bits per heavy atom. The van der Waals surface area contributed by atoms with Crippen LogP contribution in [0.15, 0.2) is 0 Å². The van der Waals surface area contributed by atoms with Gasteiger partial charge in [0.1, 0.15) is 0 Å². The minimum absolute atomic E-state index is 0.0995. The van der Waals surface area contributed by atoms with Crippen molar-refractivity contribution in [1.29, 1.82) is 0 Å². The van der Waals surface area contributed by atoms with Crippen LogP contribution in [0.25, 0.3) is 0 Å². The highest BCUT2D eigenvalue weighted by Gasteiger charge is 2.19. The van der Waals surface area contributed by atoms with Crippen LogP contribution in [0, 0.1) is 13.8 Å².